The number of carbonyl (C=O) groups excluding carboxylic acids is 1. The Labute approximate surface area is 97.1 Å². The quantitative estimate of drug-likeness (QED) is 0.724. The third-order valence-corrected chi connectivity index (χ3v) is 3.63. The fourth-order valence-corrected chi connectivity index (χ4v) is 3.00. The van der Waals surface area contributed by atoms with Gasteiger partial charge in [-0.05, 0) is 32.1 Å². The first-order valence-electron chi connectivity index (χ1n) is 6.36. The molecule has 0 radical (unpaired) electrons. The van der Waals surface area contributed by atoms with Gasteiger partial charge in [-0.1, -0.05) is 6.92 Å². The zero-order chi connectivity index (χ0) is 11.5. The zero-order valence-electron chi connectivity index (χ0n) is 10.0. The van der Waals surface area contributed by atoms with Gasteiger partial charge in [0, 0.05) is 24.7 Å². The van der Waals surface area contributed by atoms with E-state index in [0.717, 1.165) is 32.1 Å². The average Bonchev–Trinajstić information content (AvgIpc) is 2.52. The van der Waals surface area contributed by atoms with E-state index < -0.39 is 0 Å². The van der Waals surface area contributed by atoms with Crippen molar-refractivity contribution >= 4 is 5.91 Å². The van der Waals surface area contributed by atoms with Gasteiger partial charge in [-0.2, -0.15) is 0 Å². The van der Waals surface area contributed by atoms with Crippen LogP contribution in [0.15, 0.2) is 0 Å². The lowest BCUT2D eigenvalue weighted by molar-refractivity contribution is -0.140. The monoisotopic (exact) mass is 226 g/mol. The number of nitrogens with zero attached hydrogens (tertiary/aromatic N) is 1. The summed E-state index contributed by atoms with van der Waals surface area (Å²) >= 11 is 0. The summed E-state index contributed by atoms with van der Waals surface area (Å²) in [7, 11) is 0. The number of fused-ring (bicyclic) bond motifs is 2. The molecule has 2 bridgehead atoms. The second-order valence-electron chi connectivity index (χ2n) is 4.97. The van der Waals surface area contributed by atoms with Crippen molar-refractivity contribution in [1.82, 2.24) is 4.90 Å². The Balaban J connectivity index is 1.87. The lowest BCUT2D eigenvalue weighted by Gasteiger charge is -2.37. The van der Waals surface area contributed by atoms with E-state index >= 15 is 0 Å². The number of hydrogen-bond acceptors (Lipinski definition) is 3. The van der Waals surface area contributed by atoms with Crippen LogP contribution >= 0.6 is 0 Å². The van der Waals surface area contributed by atoms with Crippen molar-refractivity contribution in [3.8, 4) is 0 Å². The Morgan fingerprint density at radius 3 is 2.56 bits per heavy atom. The Morgan fingerprint density at radius 2 is 2.00 bits per heavy atom. The van der Waals surface area contributed by atoms with Gasteiger partial charge in [0.1, 0.15) is 6.61 Å². The van der Waals surface area contributed by atoms with Gasteiger partial charge in [-0.25, -0.2) is 0 Å². The first-order chi connectivity index (χ1) is 7.72. The van der Waals surface area contributed by atoms with Crippen molar-refractivity contribution in [2.24, 2.45) is 5.73 Å². The summed E-state index contributed by atoms with van der Waals surface area (Å²) in [6, 6.07) is 1.05. The SMILES string of the molecule is CCCOCC(=O)N1C2CCC1CC(N)C2. The molecule has 2 atom stereocenters. The van der Waals surface area contributed by atoms with E-state index in [0.29, 0.717) is 18.7 Å². The van der Waals surface area contributed by atoms with Crippen LogP contribution in [0.2, 0.25) is 0 Å². The van der Waals surface area contributed by atoms with Gasteiger partial charge in [-0.3, -0.25) is 4.79 Å². The first-order valence-corrected chi connectivity index (χ1v) is 6.36. The predicted molar refractivity (Wildman–Crippen MR) is 62.0 cm³/mol. The van der Waals surface area contributed by atoms with Crippen LogP contribution in [0.25, 0.3) is 0 Å². The molecule has 0 spiro atoms. The normalized spacial score (nSPS) is 33.1. The van der Waals surface area contributed by atoms with E-state index in [1.807, 2.05) is 11.8 Å². The first kappa shape index (κ1) is 11.9. The largest absolute Gasteiger partial charge is 0.372 e. The minimum atomic E-state index is 0.160. The zero-order valence-corrected chi connectivity index (χ0v) is 10.0. The van der Waals surface area contributed by atoms with Gasteiger partial charge < -0.3 is 15.4 Å². The average molecular weight is 226 g/mol. The van der Waals surface area contributed by atoms with Crippen molar-refractivity contribution in [3.63, 3.8) is 0 Å². The Bertz CT molecular complexity index is 243. The molecule has 1 amide bonds. The highest BCUT2D eigenvalue weighted by Gasteiger charge is 2.41. The molecule has 0 saturated carbocycles. The van der Waals surface area contributed by atoms with Gasteiger partial charge in [-0.15, -0.1) is 0 Å². The van der Waals surface area contributed by atoms with Crippen molar-refractivity contribution in [1.29, 1.82) is 0 Å². The van der Waals surface area contributed by atoms with E-state index in [2.05, 4.69) is 0 Å². The van der Waals surface area contributed by atoms with Crippen molar-refractivity contribution in [3.05, 3.63) is 0 Å². The fourth-order valence-electron chi connectivity index (χ4n) is 3.00. The maximum Gasteiger partial charge on any atom is 0.249 e. The van der Waals surface area contributed by atoms with Gasteiger partial charge in [0.25, 0.3) is 0 Å². The summed E-state index contributed by atoms with van der Waals surface area (Å²) in [4.78, 5) is 14.0. The van der Waals surface area contributed by atoms with Gasteiger partial charge in [0.2, 0.25) is 5.91 Å². The number of amides is 1. The molecule has 16 heavy (non-hydrogen) atoms. The molecule has 92 valence electrons. The molecule has 0 aromatic rings. The molecule has 4 nitrogen and oxygen atoms in total. The van der Waals surface area contributed by atoms with Crippen LogP contribution in [0.5, 0.6) is 0 Å². The van der Waals surface area contributed by atoms with Crippen LogP contribution < -0.4 is 5.73 Å². The number of carbonyl (C=O) groups is 1. The van der Waals surface area contributed by atoms with Gasteiger partial charge in [0.05, 0.1) is 0 Å². The number of rotatable bonds is 4. The maximum absolute atomic E-state index is 12.0. The summed E-state index contributed by atoms with van der Waals surface area (Å²) in [5.74, 6) is 0.160. The number of nitrogens with two attached hydrogens (primary N) is 1. The van der Waals surface area contributed by atoms with E-state index in [9.17, 15) is 4.79 Å². The molecule has 2 unspecified atom stereocenters. The second-order valence-corrected chi connectivity index (χ2v) is 4.97. The van der Waals surface area contributed by atoms with E-state index in [4.69, 9.17) is 10.5 Å². The van der Waals surface area contributed by atoms with Gasteiger partial charge in [0.15, 0.2) is 0 Å². The van der Waals surface area contributed by atoms with E-state index in [-0.39, 0.29) is 18.6 Å². The molecule has 2 saturated heterocycles. The van der Waals surface area contributed by atoms with Crippen LogP contribution in [-0.4, -0.2) is 42.1 Å². The summed E-state index contributed by atoms with van der Waals surface area (Å²) in [6.45, 7) is 2.97. The highest BCUT2D eigenvalue weighted by molar-refractivity contribution is 5.78. The third-order valence-electron chi connectivity index (χ3n) is 3.63. The predicted octanol–water partition coefficient (Wildman–Crippen LogP) is 0.894. The molecule has 0 aliphatic carbocycles. The summed E-state index contributed by atoms with van der Waals surface area (Å²) in [5, 5.41) is 0. The third kappa shape index (κ3) is 2.38. The van der Waals surface area contributed by atoms with E-state index in [1.165, 1.54) is 0 Å². The molecule has 2 aliphatic rings. The van der Waals surface area contributed by atoms with Crippen LogP contribution in [0.3, 0.4) is 0 Å². The van der Waals surface area contributed by atoms with E-state index in [1.54, 1.807) is 0 Å². The lowest BCUT2D eigenvalue weighted by Crippen LogP contribution is -2.51. The highest BCUT2D eigenvalue weighted by atomic mass is 16.5. The molecule has 2 heterocycles. The van der Waals surface area contributed by atoms with Gasteiger partial charge >= 0.3 is 0 Å². The Hall–Kier alpha value is -0.610. The molecule has 2 aliphatic heterocycles. The molecule has 0 aromatic carbocycles. The number of piperidine rings is 1. The fraction of sp³-hybridized carbons (Fsp3) is 0.917. The smallest absolute Gasteiger partial charge is 0.249 e. The molecule has 4 heteroatoms. The molecular weight excluding hydrogens is 204 g/mol. The van der Waals surface area contributed by atoms with Crippen molar-refractivity contribution in [2.45, 2.75) is 57.2 Å². The highest BCUT2D eigenvalue weighted by Crippen LogP contribution is 2.34. The topological polar surface area (TPSA) is 55.6 Å². The Kier molecular flexibility index (Phi) is 3.82. The summed E-state index contributed by atoms with van der Waals surface area (Å²) in [5.41, 5.74) is 5.97. The van der Waals surface area contributed by atoms with Crippen molar-refractivity contribution in [2.75, 3.05) is 13.2 Å². The maximum atomic E-state index is 12.0. The van der Waals surface area contributed by atoms with Crippen LogP contribution in [0.4, 0.5) is 0 Å². The Morgan fingerprint density at radius 1 is 1.38 bits per heavy atom. The number of ether oxygens (including phenoxy) is 1. The lowest BCUT2D eigenvalue weighted by atomic mass is 9.98. The molecule has 2 fully saturated rings. The molecule has 0 aromatic heterocycles. The second kappa shape index (κ2) is 5.15. The minimum Gasteiger partial charge on any atom is -0.372 e. The van der Waals surface area contributed by atoms with Crippen LogP contribution in [0, 0.1) is 0 Å². The van der Waals surface area contributed by atoms with Crippen LogP contribution in [-0.2, 0) is 9.53 Å². The van der Waals surface area contributed by atoms with Crippen molar-refractivity contribution < 1.29 is 9.53 Å². The summed E-state index contributed by atoms with van der Waals surface area (Å²) < 4.78 is 5.33. The molecule has 2 rings (SSSR count). The minimum absolute atomic E-state index is 0.160. The number of hydrogen-bond donors (Lipinski definition) is 1. The van der Waals surface area contributed by atoms with Crippen LogP contribution in [0.1, 0.15) is 39.0 Å². The molecular formula is C12H22N2O2. The molecule has 2 N–H and O–H groups in total. The standard InChI is InChI=1S/C12H22N2O2/c1-2-5-16-8-12(15)14-10-3-4-11(14)7-9(13)6-10/h9-11H,2-8,13H2,1H3. The summed E-state index contributed by atoms with van der Waals surface area (Å²) in [6.07, 6.45) is 5.15.